The van der Waals surface area contributed by atoms with E-state index in [-0.39, 0.29) is 49.6 Å². The molecule has 4 fully saturated rings. The Hall–Kier alpha value is -2.20. The van der Waals surface area contributed by atoms with Gasteiger partial charge in [-0.2, -0.15) is 0 Å². The quantitative estimate of drug-likeness (QED) is 0.133. The lowest BCUT2D eigenvalue weighted by Gasteiger charge is -2.27. The number of rotatable bonds is 15. The average Bonchev–Trinajstić information content (AvgIpc) is 3.84. The molecule has 0 bridgehead atoms. The third-order valence-corrected chi connectivity index (χ3v) is 8.06. The fourth-order valence-electron chi connectivity index (χ4n) is 5.65. The van der Waals surface area contributed by atoms with Crippen molar-refractivity contribution in [2.24, 2.45) is 23.7 Å². The van der Waals surface area contributed by atoms with Crippen LogP contribution in [0.4, 0.5) is 0 Å². The van der Waals surface area contributed by atoms with Gasteiger partial charge >= 0.3 is 23.9 Å². The van der Waals surface area contributed by atoms with E-state index in [2.05, 4.69) is 13.8 Å². The van der Waals surface area contributed by atoms with Crippen molar-refractivity contribution in [3.63, 3.8) is 0 Å². The molecule has 214 valence electrons. The lowest BCUT2D eigenvalue weighted by Crippen LogP contribution is -2.39. The molecule has 10 nitrogen and oxygen atoms in total. The highest BCUT2D eigenvalue weighted by molar-refractivity contribution is 5.83. The van der Waals surface area contributed by atoms with Gasteiger partial charge in [-0.25, -0.2) is 0 Å². The highest BCUT2D eigenvalue weighted by Gasteiger charge is 2.54. The third kappa shape index (κ3) is 7.68. The predicted molar refractivity (Wildman–Crippen MR) is 133 cm³/mol. The number of carbonyl (C=O) groups is 4. The maximum atomic E-state index is 12.8. The second kappa shape index (κ2) is 13.7. The molecule has 0 spiro atoms. The number of fused-ring (bicyclic) bond motifs is 2. The molecule has 0 aromatic carbocycles. The summed E-state index contributed by atoms with van der Waals surface area (Å²) < 4.78 is 32.7. The van der Waals surface area contributed by atoms with Gasteiger partial charge in [0.1, 0.15) is 13.2 Å². The van der Waals surface area contributed by atoms with Crippen molar-refractivity contribution in [2.45, 2.75) is 102 Å². The Bertz CT molecular complexity index is 775. The molecule has 0 aromatic rings. The Morgan fingerprint density at radius 1 is 0.500 bits per heavy atom. The largest absolute Gasteiger partial charge is 0.465 e. The molecule has 4 rings (SSSR count). The van der Waals surface area contributed by atoms with Crippen LogP contribution in [-0.2, 0) is 47.6 Å². The summed E-state index contributed by atoms with van der Waals surface area (Å²) in [4.78, 5) is 51.0. The Labute approximate surface area is 224 Å². The van der Waals surface area contributed by atoms with Gasteiger partial charge in [0, 0.05) is 0 Å². The SMILES string of the molecule is CCCCCOC(=O)C1CC2OC2CC1C(=O)OCCOC(=O)C1CC2OC2CC1C(=O)OCCCCC. The lowest BCUT2D eigenvalue weighted by molar-refractivity contribution is -0.167. The molecule has 2 saturated heterocycles. The van der Waals surface area contributed by atoms with E-state index in [1.165, 1.54) is 0 Å². The van der Waals surface area contributed by atoms with Crippen LogP contribution in [0.3, 0.4) is 0 Å². The molecule has 2 aliphatic carbocycles. The van der Waals surface area contributed by atoms with Gasteiger partial charge in [0.15, 0.2) is 0 Å². The summed E-state index contributed by atoms with van der Waals surface area (Å²) in [5.41, 5.74) is 0. The molecule has 2 heterocycles. The summed E-state index contributed by atoms with van der Waals surface area (Å²) in [6.07, 6.45) is 7.31. The van der Waals surface area contributed by atoms with E-state index < -0.39 is 35.6 Å². The lowest BCUT2D eigenvalue weighted by atomic mass is 9.79. The van der Waals surface area contributed by atoms with E-state index in [1.807, 2.05) is 0 Å². The maximum absolute atomic E-state index is 12.8. The van der Waals surface area contributed by atoms with Gasteiger partial charge in [-0.1, -0.05) is 39.5 Å². The molecule has 2 saturated carbocycles. The Kier molecular flexibility index (Phi) is 10.4. The van der Waals surface area contributed by atoms with Crippen LogP contribution in [0.5, 0.6) is 0 Å². The van der Waals surface area contributed by atoms with Gasteiger partial charge in [-0.15, -0.1) is 0 Å². The van der Waals surface area contributed by atoms with E-state index in [9.17, 15) is 19.2 Å². The standard InChI is InChI=1S/C28H42O10/c1-3-5-7-9-33-25(29)17-13-21-23(37-21)15-19(17)27(31)35-11-12-36-28(32)20-16-24-22(38-24)14-18(20)26(30)34-10-8-6-4-2/h17-24H,3-16H2,1-2H3. The number of hydrogen-bond donors (Lipinski definition) is 0. The van der Waals surface area contributed by atoms with Crippen LogP contribution in [-0.4, -0.2) is 74.7 Å². The zero-order valence-electron chi connectivity index (χ0n) is 22.6. The van der Waals surface area contributed by atoms with Crippen molar-refractivity contribution < 1.29 is 47.6 Å². The normalized spacial score (nSPS) is 32.8. The zero-order valence-corrected chi connectivity index (χ0v) is 22.6. The number of hydrogen-bond acceptors (Lipinski definition) is 10. The smallest absolute Gasteiger partial charge is 0.310 e. The minimum atomic E-state index is -0.637. The van der Waals surface area contributed by atoms with E-state index >= 15 is 0 Å². The van der Waals surface area contributed by atoms with Crippen LogP contribution in [0.15, 0.2) is 0 Å². The van der Waals surface area contributed by atoms with E-state index in [4.69, 9.17) is 28.4 Å². The topological polar surface area (TPSA) is 130 Å². The highest BCUT2D eigenvalue weighted by Crippen LogP contribution is 2.45. The molecule has 0 N–H and O–H groups in total. The number of unbranched alkanes of at least 4 members (excludes halogenated alkanes) is 4. The first kappa shape index (κ1) is 28.8. The minimum Gasteiger partial charge on any atom is -0.465 e. The monoisotopic (exact) mass is 538 g/mol. The summed E-state index contributed by atoms with van der Waals surface area (Å²) in [5, 5.41) is 0. The van der Waals surface area contributed by atoms with Crippen LogP contribution in [0.1, 0.15) is 78.1 Å². The van der Waals surface area contributed by atoms with Crippen LogP contribution in [0, 0.1) is 23.7 Å². The summed E-state index contributed by atoms with van der Waals surface area (Å²) in [5.74, 6) is -4.23. The number of carbonyl (C=O) groups excluding carboxylic acids is 4. The van der Waals surface area contributed by atoms with Crippen molar-refractivity contribution in [3.05, 3.63) is 0 Å². The van der Waals surface area contributed by atoms with Gasteiger partial charge in [0.2, 0.25) is 0 Å². The Morgan fingerprint density at radius 2 is 0.789 bits per heavy atom. The molecular weight excluding hydrogens is 496 g/mol. The molecular formula is C28H42O10. The van der Waals surface area contributed by atoms with Gasteiger partial charge < -0.3 is 28.4 Å². The molecule has 2 aliphatic heterocycles. The third-order valence-electron chi connectivity index (χ3n) is 8.06. The summed E-state index contributed by atoms with van der Waals surface area (Å²) in [7, 11) is 0. The summed E-state index contributed by atoms with van der Waals surface area (Å²) in [6.45, 7) is 4.58. The van der Waals surface area contributed by atoms with Gasteiger partial charge in [-0.3, -0.25) is 19.2 Å². The molecule has 8 unspecified atom stereocenters. The van der Waals surface area contributed by atoms with Crippen molar-refractivity contribution in [2.75, 3.05) is 26.4 Å². The van der Waals surface area contributed by atoms with Gasteiger partial charge in [-0.05, 0) is 38.5 Å². The summed E-state index contributed by atoms with van der Waals surface area (Å²) >= 11 is 0. The maximum Gasteiger partial charge on any atom is 0.310 e. The second-order valence-electron chi connectivity index (χ2n) is 10.9. The molecule has 4 aliphatic rings. The number of epoxide rings is 2. The van der Waals surface area contributed by atoms with E-state index in [1.54, 1.807) is 0 Å². The van der Waals surface area contributed by atoms with Gasteiger partial charge in [0.05, 0.1) is 61.3 Å². The van der Waals surface area contributed by atoms with Crippen LogP contribution in [0.25, 0.3) is 0 Å². The van der Waals surface area contributed by atoms with Crippen molar-refractivity contribution in [1.29, 1.82) is 0 Å². The van der Waals surface area contributed by atoms with Gasteiger partial charge in [0.25, 0.3) is 0 Å². The number of ether oxygens (including phenoxy) is 6. The first-order valence-electron chi connectivity index (χ1n) is 14.4. The van der Waals surface area contributed by atoms with E-state index in [0.29, 0.717) is 38.9 Å². The predicted octanol–water partition coefficient (Wildman–Crippen LogP) is 3.13. The molecule has 38 heavy (non-hydrogen) atoms. The Morgan fingerprint density at radius 3 is 1.08 bits per heavy atom. The molecule has 8 atom stereocenters. The molecule has 0 amide bonds. The van der Waals surface area contributed by atoms with Crippen LogP contribution >= 0.6 is 0 Å². The number of esters is 4. The highest BCUT2D eigenvalue weighted by atomic mass is 16.6. The first-order chi connectivity index (χ1) is 18.4. The summed E-state index contributed by atoms with van der Waals surface area (Å²) in [6, 6.07) is 0. The minimum absolute atomic E-state index is 0.00464. The molecule has 10 heteroatoms. The van der Waals surface area contributed by atoms with Crippen LogP contribution in [0.2, 0.25) is 0 Å². The zero-order chi connectivity index (χ0) is 27.1. The van der Waals surface area contributed by atoms with Crippen molar-refractivity contribution in [3.8, 4) is 0 Å². The Balaban J connectivity index is 1.20. The van der Waals surface area contributed by atoms with Crippen molar-refractivity contribution in [1.82, 2.24) is 0 Å². The molecule has 0 radical (unpaired) electrons. The second-order valence-corrected chi connectivity index (χ2v) is 10.9. The molecule has 0 aromatic heterocycles. The van der Waals surface area contributed by atoms with E-state index in [0.717, 1.165) is 38.5 Å². The van der Waals surface area contributed by atoms with Crippen LogP contribution < -0.4 is 0 Å². The first-order valence-corrected chi connectivity index (χ1v) is 14.4. The fourth-order valence-corrected chi connectivity index (χ4v) is 5.65. The fraction of sp³-hybridized carbons (Fsp3) is 0.857. The van der Waals surface area contributed by atoms with Crippen molar-refractivity contribution >= 4 is 23.9 Å². The average molecular weight is 539 g/mol.